The Hall–Kier alpha value is -3.08. The van der Waals surface area contributed by atoms with Gasteiger partial charge in [0.25, 0.3) is 0 Å². The number of carbonyl (C=O) groups is 2. The van der Waals surface area contributed by atoms with Gasteiger partial charge in [0, 0.05) is 12.2 Å². The zero-order chi connectivity index (χ0) is 17.8. The van der Waals surface area contributed by atoms with E-state index in [2.05, 4.69) is 17.2 Å². The van der Waals surface area contributed by atoms with Crippen LogP contribution >= 0.6 is 0 Å². The van der Waals surface area contributed by atoms with Crippen molar-refractivity contribution >= 4 is 28.9 Å². The quantitative estimate of drug-likeness (QED) is 0.824. The predicted octanol–water partition coefficient (Wildman–Crippen LogP) is 3.34. The summed E-state index contributed by atoms with van der Waals surface area (Å²) in [4.78, 5) is 26.9. The molecule has 25 heavy (non-hydrogen) atoms. The number of para-hydroxylation sites is 3. The number of hydrogen-bond donors (Lipinski definition) is 2. The van der Waals surface area contributed by atoms with Crippen LogP contribution in [0.4, 0.5) is 17.1 Å². The lowest BCUT2D eigenvalue weighted by molar-refractivity contribution is -0.122. The first-order valence-corrected chi connectivity index (χ1v) is 8.23. The summed E-state index contributed by atoms with van der Waals surface area (Å²) in [5, 5.41) is 5.78. The van der Waals surface area contributed by atoms with Gasteiger partial charge >= 0.3 is 0 Å². The van der Waals surface area contributed by atoms with Crippen molar-refractivity contribution in [2.75, 3.05) is 22.1 Å². The molecule has 2 aromatic carbocycles. The number of fused-ring (bicyclic) bond motifs is 1. The molecule has 0 aromatic heterocycles. The number of anilines is 3. The number of nitrogens with one attached hydrogen (secondary N) is 2. The zero-order valence-corrected chi connectivity index (χ0v) is 14.2. The fourth-order valence-electron chi connectivity index (χ4n) is 3.01. The number of benzene rings is 2. The lowest BCUT2D eigenvalue weighted by Gasteiger charge is -2.37. The molecular formula is C20H21N3O2. The molecule has 0 bridgehead atoms. The number of aryl methyl sites for hydroxylation is 1. The van der Waals surface area contributed by atoms with Gasteiger partial charge in [-0.3, -0.25) is 9.59 Å². The van der Waals surface area contributed by atoms with Crippen molar-refractivity contribution in [1.82, 2.24) is 0 Å². The highest BCUT2D eigenvalue weighted by molar-refractivity contribution is 6.06. The molecule has 0 saturated carbocycles. The minimum Gasteiger partial charge on any atom is -0.354 e. The van der Waals surface area contributed by atoms with Gasteiger partial charge in [0.2, 0.25) is 11.8 Å². The van der Waals surface area contributed by atoms with E-state index in [1.165, 1.54) is 0 Å². The summed E-state index contributed by atoms with van der Waals surface area (Å²) in [5.41, 5.74) is 3.40. The highest BCUT2D eigenvalue weighted by Gasteiger charge is 2.33. The van der Waals surface area contributed by atoms with Gasteiger partial charge in [0.15, 0.2) is 0 Å². The standard InChI is InChI=1S/C20H21N3O2/c1-3-12-23-17-11-7-6-10-16(17)22-20(25)18(23)13-19(24)21-15-9-5-4-8-14(15)2/h3-11,18H,1,12-13H2,2H3,(H,21,24)(H,22,25)/t18-/m0/s1. The average Bonchev–Trinajstić information content (AvgIpc) is 2.60. The van der Waals surface area contributed by atoms with Gasteiger partial charge in [-0.05, 0) is 30.7 Å². The molecule has 1 aliphatic heterocycles. The maximum atomic E-state index is 12.5. The molecule has 0 fully saturated rings. The lowest BCUT2D eigenvalue weighted by atomic mass is 10.0. The number of carbonyl (C=O) groups excluding carboxylic acids is 2. The Morgan fingerprint density at radius 2 is 1.96 bits per heavy atom. The number of rotatable bonds is 5. The zero-order valence-electron chi connectivity index (χ0n) is 14.2. The minimum atomic E-state index is -0.572. The van der Waals surface area contributed by atoms with Gasteiger partial charge in [-0.25, -0.2) is 0 Å². The molecule has 0 spiro atoms. The second kappa shape index (κ2) is 7.21. The molecule has 1 aliphatic rings. The number of amides is 2. The van der Waals surface area contributed by atoms with Gasteiger partial charge in [-0.15, -0.1) is 6.58 Å². The van der Waals surface area contributed by atoms with Crippen LogP contribution in [0.1, 0.15) is 12.0 Å². The fourth-order valence-corrected chi connectivity index (χ4v) is 3.01. The molecule has 1 heterocycles. The Bertz CT molecular complexity index is 816. The van der Waals surface area contributed by atoms with Crippen LogP contribution < -0.4 is 15.5 Å². The summed E-state index contributed by atoms with van der Waals surface area (Å²) in [6.45, 7) is 6.20. The first-order valence-electron chi connectivity index (χ1n) is 8.23. The largest absolute Gasteiger partial charge is 0.354 e. The van der Waals surface area contributed by atoms with E-state index < -0.39 is 6.04 Å². The number of nitrogens with zero attached hydrogens (tertiary/aromatic N) is 1. The van der Waals surface area contributed by atoms with Crippen molar-refractivity contribution < 1.29 is 9.59 Å². The molecule has 3 rings (SSSR count). The highest BCUT2D eigenvalue weighted by Crippen LogP contribution is 2.32. The molecule has 2 amide bonds. The summed E-state index contributed by atoms with van der Waals surface area (Å²) in [7, 11) is 0. The van der Waals surface area contributed by atoms with Crippen LogP contribution in [0, 0.1) is 6.92 Å². The smallest absolute Gasteiger partial charge is 0.247 e. The monoisotopic (exact) mass is 335 g/mol. The molecular weight excluding hydrogens is 314 g/mol. The van der Waals surface area contributed by atoms with Crippen LogP contribution in [0.3, 0.4) is 0 Å². The van der Waals surface area contributed by atoms with E-state index in [9.17, 15) is 9.59 Å². The molecule has 0 aliphatic carbocycles. The Kier molecular flexibility index (Phi) is 4.84. The maximum Gasteiger partial charge on any atom is 0.247 e. The van der Waals surface area contributed by atoms with Gasteiger partial charge in [-0.1, -0.05) is 36.4 Å². The van der Waals surface area contributed by atoms with Crippen molar-refractivity contribution in [2.24, 2.45) is 0 Å². The molecule has 0 unspecified atom stereocenters. The Balaban J connectivity index is 1.80. The van der Waals surface area contributed by atoms with Gasteiger partial charge in [0.1, 0.15) is 6.04 Å². The van der Waals surface area contributed by atoms with Crippen LogP contribution in [-0.2, 0) is 9.59 Å². The topological polar surface area (TPSA) is 61.4 Å². The molecule has 1 atom stereocenters. The van der Waals surface area contributed by atoms with E-state index >= 15 is 0 Å². The molecule has 2 N–H and O–H groups in total. The van der Waals surface area contributed by atoms with Crippen molar-refractivity contribution in [2.45, 2.75) is 19.4 Å². The van der Waals surface area contributed by atoms with Crippen LogP contribution in [0.5, 0.6) is 0 Å². The third kappa shape index (κ3) is 3.55. The van der Waals surface area contributed by atoms with Crippen molar-refractivity contribution in [3.8, 4) is 0 Å². The molecule has 5 heteroatoms. The van der Waals surface area contributed by atoms with Crippen molar-refractivity contribution in [3.63, 3.8) is 0 Å². The van der Waals surface area contributed by atoms with Crippen molar-refractivity contribution in [1.29, 1.82) is 0 Å². The average molecular weight is 335 g/mol. The molecule has 0 radical (unpaired) electrons. The second-order valence-corrected chi connectivity index (χ2v) is 6.03. The van der Waals surface area contributed by atoms with E-state index in [-0.39, 0.29) is 18.2 Å². The summed E-state index contributed by atoms with van der Waals surface area (Å²) < 4.78 is 0. The van der Waals surface area contributed by atoms with E-state index in [1.807, 2.05) is 60.4 Å². The summed E-state index contributed by atoms with van der Waals surface area (Å²) in [6.07, 6.45) is 1.81. The summed E-state index contributed by atoms with van der Waals surface area (Å²) in [6, 6.07) is 14.6. The first kappa shape index (κ1) is 16.8. The van der Waals surface area contributed by atoms with E-state index in [0.29, 0.717) is 6.54 Å². The van der Waals surface area contributed by atoms with Crippen LogP contribution in [0.15, 0.2) is 61.2 Å². The first-order chi connectivity index (χ1) is 12.1. The predicted molar refractivity (Wildman–Crippen MR) is 101 cm³/mol. The fraction of sp³-hybridized carbons (Fsp3) is 0.200. The highest BCUT2D eigenvalue weighted by atomic mass is 16.2. The van der Waals surface area contributed by atoms with Gasteiger partial charge < -0.3 is 15.5 Å². The van der Waals surface area contributed by atoms with E-state index in [0.717, 1.165) is 22.6 Å². The Morgan fingerprint density at radius 1 is 1.24 bits per heavy atom. The Morgan fingerprint density at radius 3 is 2.72 bits per heavy atom. The third-order valence-electron chi connectivity index (χ3n) is 4.27. The van der Waals surface area contributed by atoms with Crippen LogP contribution in [-0.4, -0.2) is 24.4 Å². The van der Waals surface area contributed by atoms with Gasteiger partial charge in [0.05, 0.1) is 17.8 Å². The lowest BCUT2D eigenvalue weighted by Crippen LogP contribution is -2.49. The van der Waals surface area contributed by atoms with Gasteiger partial charge in [-0.2, -0.15) is 0 Å². The normalized spacial score (nSPS) is 16.0. The summed E-state index contributed by atoms with van der Waals surface area (Å²) in [5.74, 6) is -0.372. The maximum absolute atomic E-state index is 12.5. The van der Waals surface area contributed by atoms with E-state index in [1.54, 1.807) is 6.08 Å². The summed E-state index contributed by atoms with van der Waals surface area (Å²) >= 11 is 0. The molecule has 128 valence electrons. The Labute approximate surface area is 147 Å². The van der Waals surface area contributed by atoms with E-state index in [4.69, 9.17) is 0 Å². The molecule has 0 saturated heterocycles. The molecule has 2 aromatic rings. The number of hydrogen-bond acceptors (Lipinski definition) is 3. The SMILES string of the molecule is C=CCN1c2ccccc2NC(=O)[C@@H]1CC(=O)Nc1ccccc1C. The second-order valence-electron chi connectivity index (χ2n) is 6.03. The third-order valence-corrected chi connectivity index (χ3v) is 4.27. The molecule has 5 nitrogen and oxygen atoms in total. The van der Waals surface area contributed by atoms with Crippen LogP contribution in [0.2, 0.25) is 0 Å². The van der Waals surface area contributed by atoms with Crippen LogP contribution in [0.25, 0.3) is 0 Å². The van der Waals surface area contributed by atoms with Crippen molar-refractivity contribution in [3.05, 3.63) is 66.7 Å². The minimum absolute atomic E-state index is 0.0718.